The molecule has 8 aromatic carbocycles. The molecule has 1 heteroatoms. The maximum atomic E-state index is 2.31. The number of hydrogen-bond acceptors (Lipinski definition) is 1. The minimum atomic E-state index is 1.24. The Morgan fingerprint density at radius 1 is 0.302 bits per heavy atom. The van der Waals surface area contributed by atoms with Crippen molar-refractivity contribution in [3.8, 4) is 33.4 Å². The van der Waals surface area contributed by atoms with Crippen LogP contribution < -0.4 is 0 Å². The van der Waals surface area contributed by atoms with Crippen molar-refractivity contribution in [2.24, 2.45) is 0 Å². The lowest BCUT2D eigenvalue weighted by atomic mass is 9.85. The molecular formula is C42H26S. The molecule has 1 heterocycles. The Kier molecular flexibility index (Phi) is 5.47. The number of rotatable bonds is 3. The molecule has 43 heavy (non-hydrogen) atoms. The van der Waals surface area contributed by atoms with Crippen LogP contribution in [0.25, 0.3) is 85.9 Å². The zero-order chi connectivity index (χ0) is 28.3. The Hall–Kier alpha value is -5.24. The lowest BCUT2D eigenvalue weighted by Gasteiger charge is -2.18. The average molecular weight is 563 g/mol. The van der Waals surface area contributed by atoms with Gasteiger partial charge in [0.1, 0.15) is 0 Å². The summed E-state index contributed by atoms with van der Waals surface area (Å²) in [6, 6.07) is 57.9. The third-order valence-corrected chi connectivity index (χ3v) is 10.1. The van der Waals surface area contributed by atoms with Crippen molar-refractivity contribution in [3.05, 3.63) is 158 Å². The quantitative estimate of drug-likeness (QED) is 0.188. The second-order valence-electron chi connectivity index (χ2n) is 11.2. The van der Waals surface area contributed by atoms with Crippen LogP contribution in [0.2, 0.25) is 0 Å². The highest BCUT2D eigenvalue weighted by Gasteiger charge is 2.19. The van der Waals surface area contributed by atoms with Crippen LogP contribution in [-0.2, 0) is 0 Å². The molecule has 0 radical (unpaired) electrons. The smallest absolute Gasteiger partial charge is 0.0434 e. The standard InChI is InChI=1S/C42H26S/c1-2-13-30-27(11-1)12-9-19-31(30)28-23-25-29(26-24-28)40-33-15-3-5-17-35(33)41(36-18-6-4-16-34(36)40)38-21-10-20-37-32-14-7-8-22-39(32)43-42(37)38/h1-26H. The molecule has 0 amide bonds. The molecule has 0 saturated heterocycles. The molecule has 200 valence electrons. The zero-order valence-corrected chi connectivity index (χ0v) is 24.2. The largest absolute Gasteiger partial charge is 0.135 e. The molecule has 1 aromatic heterocycles. The number of thiophene rings is 1. The van der Waals surface area contributed by atoms with Crippen LogP contribution in [-0.4, -0.2) is 0 Å². The summed E-state index contributed by atoms with van der Waals surface area (Å²) in [6.45, 7) is 0. The number of fused-ring (bicyclic) bond motifs is 6. The molecule has 0 saturated carbocycles. The van der Waals surface area contributed by atoms with E-state index < -0.39 is 0 Å². The summed E-state index contributed by atoms with van der Waals surface area (Å²) in [6.07, 6.45) is 0. The van der Waals surface area contributed by atoms with Gasteiger partial charge in [0.2, 0.25) is 0 Å². The minimum Gasteiger partial charge on any atom is -0.135 e. The lowest BCUT2D eigenvalue weighted by molar-refractivity contribution is 1.63. The summed E-state index contributed by atoms with van der Waals surface area (Å²) in [4.78, 5) is 0. The third-order valence-electron chi connectivity index (χ3n) is 8.88. The highest BCUT2D eigenvalue weighted by atomic mass is 32.1. The SMILES string of the molecule is c1ccc2c(-c3ccc(-c4c5ccccc5c(-c5cccc6c5sc5ccccc56)c5ccccc45)cc3)cccc2c1. The monoisotopic (exact) mass is 562 g/mol. The maximum Gasteiger partial charge on any atom is 0.0434 e. The first kappa shape index (κ1) is 24.4. The third kappa shape index (κ3) is 3.75. The van der Waals surface area contributed by atoms with Gasteiger partial charge in [-0.15, -0.1) is 11.3 Å². The van der Waals surface area contributed by atoms with E-state index in [4.69, 9.17) is 0 Å². The molecule has 0 nitrogen and oxygen atoms in total. The molecular weight excluding hydrogens is 537 g/mol. The summed E-state index contributed by atoms with van der Waals surface area (Å²) < 4.78 is 2.69. The van der Waals surface area contributed by atoms with Gasteiger partial charge < -0.3 is 0 Å². The van der Waals surface area contributed by atoms with Crippen molar-refractivity contribution in [1.82, 2.24) is 0 Å². The van der Waals surface area contributed by atoms with Gasteiger partial charge in [-0.25, -0.2) is 0 Å². The first-order valence-corrected chi connectivity index (χ1v) is 15.6. The molecule has 9 rings (SSSR count). The molecule has 0 aliphatic carbocycles. The van der Waals surface area contributed by atoms with E-state index in [1.54, 1.807) is 0 Å². The van der Waals surface area contributed by atoms with Gasteiger partial charge in [-0.3, -0.25) is 0 Å². The summed E-state index contributed by atoms with van der Waals surface area (Å²) in [5.41, 5.74) is 7.67. The van der Waals surface area contributed by atoms with E-state index in [1.165, 1.54) is 85.9 Å². The van der Waals surface area contributed by atoms with E-state index in [9.17, 15) is 0 Å². The van der Waals surface area contributed by atoms with Gasteiger partial charge >= 0.3 is 0 Å². The second kappa shape index (κ2) is 9.66. The van der Waals surface area contributed by atoms with Crippen molar-refractivity contribution in [1.29, 1.82) is 0 Å². The van der Waals surface area contributed by atoms with E-state index in [0.29, 0.717) is 0 Å². The second-order valence-corrected chi connectivity index (χ2v) is 12.3. The van der Waals surface area contributed by atoms with Gasteiger partial charge in [0, 0.05) is 25.7 Å². The molecule has 0 fully saturated rings. The predicted molar refractivity (Wildman–Crippen MR) is 188 cm³/mol. The zero-order valence-electron chi connectivity index (χ0n) is 23.4. The van der Waals surface area contributed by atoms with Gasteiger partial charge in [-0.2, -0.15) is 0 Å². The maximum absolute atomic E-state index is 2.31. The van der Waals surface area contributed by atoms with E-state index in [1.807, 2.05) is 11.3 Å². The van der Waals surface area contributed by atoms with Crippen LogP contribution >= 0.6 is 11.3 Å². The summed E-state index contributed by atoms with van der Waals surface area (Å²) in [5, 5.41) is 10.4. The molecule has 0 aliphatic rings. The van der Waals surface area contributed by atoms with Crippen molar-refractivity contribution in [2.75, 3.05) is 0 Å². The van der Waals surface area contributed by atoms with Crippen molar-refractivity contribution >= 4 is 63.8 Å². The average Bonchev–Trinajstić information content (AvgIpc) is 3.46. The normalized spacial score (nSPS) is 11.7. The highest BCUT2D eigenvalue weighted by Crippen LogP contribution is 2.47. The Balaban J connectivity index is 1.30. The minimum absolute atomic E-state index is 1.24. The summed E-state index contributed by atoms with van der Waals surface area (Å²) in [5.74, 6) is 0. The summed E-state index contributed by atoms with van der Waals surface area (Å²) >= 11 is 1.90. The lowest BCUT2D eigenvalue weighted by Crippen LogP contribution is -1.91. The first-order valence-electron chi connectivity index (χ1n) is 14.8. The van der Waals surface area contributed by atoms with E-state index in [-0.39, 0.29) is 0 Å². The van der Waals surface area contributed by atoms with Crippen molar-refractivity contribution in [2.45, 2.75) is 0 Å². The van der Waals surface area contributed by atoms with Crippen LogP contribution in [0.1, 0.15) is 0 Å². The van der Waals surface area contributed by atoms with Crippen LogP contribution in [0.5, 0.6) is 0 Å². The Bertz CT molecular complexity index is 2430. The fourth-order valence-corrected chi connectivity index (χ4v) is 8.19. The molecule has 0 aliphatic heterocycles. The topological polar surface area (TPSA) is 0 Å². The molecule has 0 unspecified atom stereocenters. The number of benzene rings is 8. The fourth-order valence-electron chi connectivity index (χ4n) is 6.97. The fraction of sp³-hybridized carbons (Fsp3) is 0. The van der Waals surface area contributed by atoms with E-state index in [0.717, 1.165) is 0 Å². The van der Waals surface area contributed by atoms with Crippen LogP contribution in [0.3, 0.4) is 0 Å². The van der Waals surface area contributed by atoms with Crippen molar-refractivity contribution < 1.29 is 0 Å². The van der Waals surface area contributed by atoms with Crippen molar-refractivity contribution in [3.63, 3.8) is 0 Å². The van der Waals surface area contributed by atoms with Gasteiger partial charge in [-0.05, 0) is 66.2 Å². The summed E-state index contributed by atoms with van der Waals surface area (Å²) in [7, 11) is 0. The highest BCUT2D eigenvalue weighted by molar-refractivity contribution is 7.26. The predicted octanol–water partition coefficient (Wildman–Crippen LogP) is 12.5. The molecule has 0 atom stereocenters. The molecule has 0 spiro atoms. The molecule has 9 aromatic rings. The Morgan fingerprint density at radius 2 is 0.791 bits per heavy atom. The van der Waals surface area contributed by atoms with Crippen LogP contribution in [0.15, 0.2) is 158 Å². The van der Waals surface area contributed by atoms with E-state index in [2.05, 4.69) is 158 Å². The van der Waals surface area contributed by atoms with Gasteiger partial charge in [0.05, 0.1) is 0 Å². The Labute approximate surface area is 254 Å². The first-order chi connectivity index (χ1) is 21.3. The van der Waals surface area contributed by atoms with Crippen LogP contribution in [0.4, 0.5) is 0 Å². The van der Waals surface area contributed by atoms with E-state index >= 15 is 0 Å². The van der Waals surface area contributed by atoms with Gasteiger partial charge in [-0.1, -0.05) is 152 Å². The van der Waals surface area contributed by atoms with Gasteiger partial charge in [0.25, 0.3) is 0 Å². The molecule has 0 N–H and O–H groups in total. The Morgan fingerprint density at radius 3 is 1.51 bits per heavy atom. The molecule has 0 bridgehead atoms. The number of hydrogen-bond donors (Lipinski definition) is 0. The van der Waals surface area contributed by atoms with Crippen LogP contribution in [0, 0.1) is 0 Å². The van der Waals surface area contributed by atoms with Gasteiger partial charge in [0.15, 0.2) is 0 Å².